The summed E-state index contributed by atoms with van der Waals surface area (Å²) in [6, 6.07) is 22.6. The summed E-state index contributed by atoms with van der Waals surface area (Å²) in [6.45, 7) is 4.78. The van der Waals surface area contributed by atoms with Crippen molar-refractivity contribution in [2.45, 2.75) is 38.8 Å². The van der Waals surface area contributed by atoms with Gasteiger partial charge in [-0.05, 0) is 36.4 Å². The lowest BCUT2D eigenvalue weighted by atomic mass is 9.80. The molecule has 1 saturated heterocycles. The van der Waals surface area contributed by atoms with Gasteiger partial charge in [0.2, 0.25) is 0 Å². The van der Waals surface area contributed by atoms with Crippen LogP contribution in [0.1, 0.15) is 37.4 Å². The predicted octanol–water partition coefficient (Wildman–Crippen LogP) is 4.21. The minimum atomic E-state index is 0.254. The lowest BCUT2D eigenvalue weighted by molar-refractivity contribution is 0.104. The maximum atomic E-state index is 3.47. The molecule has 0 spiro atoms. The van der Waals surface area contributed by atoms with Gasteiger partial charge in [0.1, 0.15) is 0 Å². The van der Waals surface area contributed by atoms with Crippen molar-refractivity contribution in [2.24, 2.45) is 5.41 Å². The van der Waals surface area contributed by atoms with E-state index < -0.39 is 0 Å². The van der Waals surface area contributed by atoms with Gasteiger partial charge in [-0.15, -0.1) is 0 Å². The second kappa shape index (κ2) is 6.23. The minimum Gasteiger partial charge on any atom is -0.257 e. The summed E-state index contributed by atoms with van der Waals surface area (Å²) in [6.07, 6.45) is 2.29. The standard InChI is InChI=1S/C20H26N2/c1-20(2)15-18(14-16-10-6-4-7-11-16)22(21-3)19(20)17-12-8-5-9-13-17/h4-13,18-19,21H,14-15H2,1-3H3/t18-,19+/m0/s1. The maximum Gasteiger partial charge on any atom is 0.0547 e. The molecule has 1 N–H and O–H groups in total. The topological polar surface area (TPSA) is 15.3 Å². The highest BCUT2D eigenvalue weighted by Gasteiger charge is 2.46. The van der Waals surface area contributed by atoms with Crippen LogP contribution in [0.15, 0.2) is 60.7 Å². The van der Waals surface area contributed by atoms with Crippen LogP contribution in [0.25, 0.3) is 0 Å². The summed E-state index contributed by atoms with van der Waals surface area (Å²) in [5, 5.41) is 2.46. The van der Waals surface area contributed by atoms with Crippen LogP contribution in [0.3, 0.4) is 0 Å². The number of hydrazine groups is 1. The van der Waals surface area contributed by atoms with E-state index in [4.69, 9.17) is 0 Å². The Labute approximate surface area is 134 Å². The molecular formula is C20H26N2. The highest BCUT2D eigenvalue weighted by atomic mass is 15.5. The fourth-order valence-electron chi connectivity index (χ4n) is 4.02. The molecule has 0 unspecified atom stereocenters. The number of rotatable bonds is 4. The first kappa shape index (κ1) is 15.3. The molecule has 0 bridgehead atoms. The summed E-state index contributed by atoms with van der Waals surface area (Å²) in [7, 11) is 2.05. The minimum absolute atomic E-state index is 0.254. The van der Waals surface area contributed by atoms with Gasteiger partial charge in [0.25, 0.3) is 0 Å². The Morgan fingerprint density at radius 3 is 2.18 bits per heavy atom. The van der Waals surface area contributed by atoms with E-state index in [1.165, 1.54) is 17.5 Å². The van der Waals surface area contributed by atoms with Crippen molar-refractivity contribution in [2.75, 3.05) is 7.05 Å². The molecule has 22 heavy (non-hydrogen) atoms. The van der Waals surface area contributed by atoms with E-state index in [-0.39, 0.29) is 5.41 Å². The molecule has 2 aromatic carbocycles. The average molecular weight is 294 g/mol. The van der Waals surface area contributed by atoms with Crippen molar-refractivity contribution in [1.29, 1.82) is 0 Å². The Bertz CT molecular complexity index is 592. The smallest absolute Gasteiger partial charge is 0.0547 e. The Morgan fingerprint density at radius 1 is 1.00 bits per heavy atom. The molecule has 0 radical (unpaired) electrons. The fraction of sp³-hybridized carbons (Fsp3) is 0.400. The molecule has 0 saturated carbocycles. The van der Waals surface area contributed by atoms with Gasteiger partial charge in [0, 0.05) is 6.04 Å². The molecular weight excluding hydrogens is 268 g/mol. The molecule has 0 aliphatic carbocycles. The van der Waals surface area contributed by atoms with Crippen LogP contribution in [0.2, 0.25) is 0 Å². The maximum absolute atomic E-state index is 3.47. The summed E-state index contributed by atoms with van der Waals surface area (Å²) >= 11 is 0. The van der Waals surface area contributed by atoms with Crippen LogP contribution in [0.5, 0.6) is 0 Å². The zero-order valence-electron chi connectivity index (χ0n) is 13.8. The predicted molar refractivity (Wildman–Crippen MR) is 92.4 cm³/mol. The summed E-state index contributed by atoms with van der Waals surface area (Å²) in [4.78, 5) is 0. The van der Waals surface area contributed by atoms with Gasteiger partial charge in [-0.2, -0.15) is 0 Å². The third kappa shape index (κ3) is 2.94. The Balaban J connectivity index is 1.88. The molecule has 1 aliphatic heterocycles. The van der Waals surface area contributed by atoms with Crippen molar-refractivity contribution in [3.05, 3.63) is 71.8 Å². The molecule has 2 atom stereocenters. The van der Waals surface area contributed by atoms with Crippen molar-refractivity contribution in [1.82, 2.24) is 10.4 Å². The monoisotopic (exact) mass is 294 g/mol. The quantitative estimate of drug-likeness (QED) is 0.909. The highest BCUT2D eigenvalue weighted by molar-refractivity contribution is 5.24. The summed E-state index contributed by atoms with van der Waals surface area (Å²) in [5.41, 5.74) is 6.54. The molecule has 3 rings (SSSR count). The zero-order valence-corrected chi connectivity index (χ0v) is 13.8. The second-order valence-electron chi connectivity index (χ2n) is 6.98. The molecule has 1 heterocycles. The summed E-state index contributed by atoms with van der Waals surface area (Å²) in [5.74, 6) is 0. The first-order chi connectivity index (χ1) is 10.6. The molecule has 1 fully saturated rings. The molecule has 2 heteroatoms. The number of nitrogens with one attached hydrogen (secondary N) is 1. The summed E-state index contributed by atoms with van der Waals surface area (Å²) < 4.78 is 0. The second-order valence-corrected chi connectivity index (χ2v) is 6.98. The SMILES string of the molecule is CNN1[C@@H](Cc2ccccc2)CC(C)(C)[C@H]1c1ccccc1. The third-order valence-electron chi connectivity index (χ3n) is 4.86. The van der Waals surface area contributed by atoms with Gasteiger partial charge in [-0.25, -0.2) is 5.01 Å². The van der Waals surface area contributed by atoms with E-state index in [1.54, 1.807) is 0 Å². The highest BCUT2D eigenvalue weighted by Crippen LogP contribution is 2.49. The van der Waals surface area contributed by atoms with Gasteiger partial charge in [-0.3, -0.25) is 5.43 Å². The van der Waals surface area contributed by atoms with Gasteiger partial charge >= 0.3 is 0 Å². The lowest BCUT2D eigenvalue weighted by Crippen LogP contribution is -2.42. The van der Waals surface area contributed by atoms with Crippen LogP contribution in [-0.4, -0.2) is 18.1 Å². The molecule has 2 nitrogen and oxygen atoms in total. The van der Waals surface area contributed by atoms with E-state index in [0.29, 0.717) is 12.1 Å². The first-order valence-corrected chi connectivity index (χ1v) is 8.16. The molecule has 116 valence electrons. The van der Waals surface area contributed by atoms with Crippen molar-refractivity contribution in [3.8, 4) is 0 Å². The largest absolute Gasteiger partial charge is 0.257 e. The van der Waals surface area contributed by atoms with Crippen LogP contribution in [0.4, 0.5) is 0 Å². The number of benzene rings is 2. The third-order valence-corrected chi connectivity index (χ3v) is 4.86. The van der Waals surface area contributed by atoms with E-state index in [1.807, 2.05) is 0 Å². The van der Waals surface area contributed by atoms with E-state index in [2.05, 4.69) is 92.0 Å². The van der Waals surface area contributed by atoms with E-state index in [9.17, 15) is 0 Å². The molecule has 2 aromatic rings. The van der Waals surface area contributed by atoms with Gasteiger partial charge in [0.05, 0.1) is 6.04 Å². The number of hydrogen-bond acceptors (Lipinski definition) is 2. The van der Waals surface area contributed by atoms with Gasteiger partial charge in [-0.1, -0.05) is 74.5 Å². The lowest BCUT2D eigenvalue weighted by Gasteiger charge is -2.34. The Morgan fingerprint density at radius 2 is 1.59 bits per heavy atom. The number of nitrogens with zero attached hydrogens (tertiary/aromatic N) is 1. The molecule has 0 amide bonds. The van der Waals surface area contributed by atoms with E-state index >= 15 is 0 Å². The van der Waals surface area contributed by atoms with Gasteiger partial charge in [0.15, 0.2) is 0 Å². The van der Waals surface area contributed by atoms with Crippen LogP contribution < -0.4 is 5.43 Å². The van der Waals surface area contributed by atoms with Crippen LogP contribution >= 0.6 is 0 Å². The van der Waals surface area contributed by atoms with Crippen LogP contribution in [0, 0.1) is 5.41 Å². The van der Waals surface area contributed by atoms with Gasteiger partial charge < -0.3 is 0 Å². The average Bonchev–Trinajstić information content (AvgIpc) is 2.78. The van der Waals surface area contributed by atoms with Crippen molar-refractivity contribution >= 4 is 0 Å². The van der Waals surface area contributed by atoms with Crippen molar-refractivity contribution in [3.63, 3.8) is 0 Å². The fourth-order valence-corrected chi connectivity index (χ4v) is 4.02. The first-order valence-electron chi connectivity index (χ1n) is 8.16. The molecule has 1 aliphatic rings. The van der Waals surface area contributed by atoms with Crippen LogP contribution in [-0.2, 0) is 6.42 Å². The van der Waals surface area contributed by atoms with E-state index in [0.717, 1.165) is 6.42 Å². The Hall–Kier alpha value is -1.64. The number of hydrogen-bond donors (Lipinski definition) is 1. The normalized spacial score (nSPS) is 24.5. The Kier molecular flexibility index (Phi) is 4.32. The zero-order chi connectivity index (χ0) is 15.6. The van der Waals surface area contributed by atoms with Crippen molar-refractivity contribution < 1.29 is 0 Å². The molecule has 0 aromatic heterocycles.